The Labute approximate surface area is 92.3 Å². The molecule has 0 radical (unpaired) electrons. The van der Waals surface area contributed by atoms with E-state index in [-0.39, 0.29) is 18.5 Å². The highest BCUT2D eigenvalue weighted by molar-refractivity contribution is 5.74. The Balaban J connectivity index is 2.54. The molecule has 1 atom stereocenters. The van der Waals surface area contributed by atoms with Gasteiger partial charge in [0.25, 0.3) is 5.82 Å². The van der Waals surface area contributed by atoms with Crippen LogP contribution in [0.2, 0.25) is 0 Å². The fraction of sp³-hybridized carbons (Fsp3) is 0.556. The summed E-state index contributed by atoms with van der Waals surface area (Å²) in [6, 6.07) is 1.74. The third kappa shape index (κ3) is 3.33. The molecule has 86 valence electrons. The Morgan fingerprint density at radius 3 is 2.94 bits per heavy atom. The number of aliphatic hydroxyl groups excluding tert-OH is 1. The van der Waals surface area contributed by atoms with Gasteiger partial charge in [-0.05, 0) is 13.8 Å². The van der Waals surface area contributed by atoms with Crippen LogP contribution in [0.25, 0.3) is 0 Å². The number of carbonyl (C=O) groups is 1. The van der Waals surface area contributed by atoms with Crippen molar-refractivity contribution in [3.8, 4) is 6.07 Å². The van der Waals surface area contributed by atoms with Crippen molar-refractivity contribution in [1.29, 1.82) is 5.26 Å². The lowest BCUT2D eigenvalue weighted by Gasteiger charge is -2.12. The summed E-state index contributed by atoms with van der Waals surface area (Å²) >= 11 is 0. The van der Waals surface area contributed by atoms with Crippen molar-refractivity contribution in [2.45, 2.75) is 32.6 Å². The van der Waals surface area contributed by atoms with E-state index in [2.05, 4.69) is 10.1 Å². The molecular weight excluding hydrogens is 212 g/mol. The van der Waals surface area contributed by atoms with Gasteiger partial charge in [-0.2, -0.15) is 5.26 Å². The van der Waals surface area contributed by atoms with Gasteiger partial charge in [0.2, 0.25) is 0 Å². The van der Waals surface area contributed by atoms with Crippen LogP contribution in [0.3, 0.4) is 0 Å². The molecule has 0 aliphatic rings. The van der Waals surface area contributed by atoms with Crippen LogP contribution in [-0.4, -0.2) is 38.0 Å². The maximum absolute atomic E-state index is 11.2. The molecule has 1 aromatic rings. The minimum Gasteiger partial charge on any atom is -0.461 e. The van der Waals surface area contributed by atoms with E-state index in [0.29, 0.717) is 0 Å². The average molecular weight is 224 g/mol. The molecule has 7 heteroatoms. The molecule has 1 aromatic heterocycles. The zero-order valence-electron chi connectivity index (χ0n) is 8.99. The Kier molecular flexibility index (Phi) is 3.96. The Morgan fingerprint density at radius 2 is 2.44 bits per heavy atom. The predicted octanol–water partition coefficient (Wildman–Crippen LogP) is -0.538. The van der Waals surface area contributed by atoms with Crippen molar-refractivity contribution in [3.63, 3.8) is 0 Å². The number of ether oxygens (including phenoxy) is 1. The first-order valence-electron chi connectivity index (χ1n) is 4.71. The van der Waals surface area contributed by atoms with Crippen LogP contribution >= 0.6 is 0 Å². The summed E-state index contributed by atoms with van der Waals surface area (Å²) in [6.45, 7) is 3.29. The zero-order chi connectivity index (χ0) is 12.1. The van der Waals surface area contributed by atoms with E-state index in [1.807, 2.05) is 0 Å². The minimum atomic E-state index is -1.31. The van der Waals surface area contributed by atoms with Crippen LogP contribution in [0.5, 0.6) is 0 Å². The van der Waals surface area contributed by atoms with Crippen molar-refractivity contribution >= 4 is 5.97 Å². The summed E-state index contributed by atoms with van der Waals surface area (Å²) in [6.07, 6.45) is -0.326. The van der Waals surface area contributed by atoms with E-state index >= 15 is 0 Å². The lowest BCUT2D eigenvalue weighted by molar-refractivity contribution is -0.158. The van der Waals surface area contributed by atoms with Crippen LogP contribution in [0.4, 0.5) is 0 Å². The van der Waals surface area contributed by atoms with Gasteiger partial charge in [0, 0.05) is 0 Å². The summed E-state index contributed by atoms with van der Waals surface area (Å²) in [7, 11) is 0. The molecule has 0 amide bonds. The van der Waals surface area contributed by atoms with Crippen molar-refractivity contribution in [2.75, 3.05) is 0 Å². The molecule has 0 saturated carbocycles. The van der Waals surface area contributed by atoms with E-state index < -0.39 is 12.1 Å². The molecule has 0 saturated heterocycles. The van der Waals surface area contributed by atoms with E-state index in [1.165, 1.54) is 11.0 Å². The van der Waals surface area contributed by atoms with E-state index in [0.717, 1.165) is 0 Å². The van der Waals surface area contributed by atoms with Gasteiger partial charge in [-0.3, -0.25) is 0 Å². The smallest absolute Gasteiger partial charge is 0.337 e. The largest absolute Gasteiger partial charge is 0.461 e. The number of carbonyl (C=O) groups excluding carboxylic acids is 1. The standard InChI is InChI=1S/C9H12N4O3/c1-6(2)16-9(15)7(14)4-13-5-11-8(3-10)12-13/h5-7,14H,4H2,1-2H3. The molecule has 0 fully saturated rings. The number of hydrogen-bond donors (Lipinski definition) is 1. The number of aromatic nitrogens is 3. The van der Waals surface area contributed by atoms with Gasteiger partial charge in [-0.25, -0.2) is 14.5 Å². The summed E-state index contributed by atoms with van der Waals surface area (Å²) in [5.41, 5.74) is 0. The monoisotopic (exact) mass is 224 g/mol. The molecule has 1 heterocycles. The van der Waals surface area contributed by atoms with Crippen LogP contribution in [0.1, 0.15) is 19.7 Å². The third-order valence-corrected chi connectivity index (χ3v) is 1.62. The Bertz CT molecular complexity index is 407. The van der Waals surface area contributed by atoms with Gasteiger partial charge >= 0.3 is 5.97 Å². The molecule has 0 bridgehead atoms. The molecular formula is C9H12N4O3. The van der Waals surface area contributed by atoms with E-state index in [4.69, 9.17) is 10.00 Å². The van der Waals surface area contributed by atoms with E-state index in [9.17, 15) is 9.90 Å². The molecule has 1 rings (SSSR count). The lowest BCUT2D eigenvalue weighted by atomic mass is 10.3. The fourth-order valence-electron chi connectivity index (χ4n) is 0.996. The Hall–Kier alpha value is -1.94. The molecule has 1 N–H and O–H groups in total. The predicted molar refractivity (Wildman–Crippen MR) is 52.0 cm³/mol. The van der Waals surface area contributed by atoms with Crippen LogP contribution in [0, 0.1) is 11.3 Å². The molecule has 0 aliphatic heterocycles. The first-order valence-corrected chi connectivity index (χ1v) is 4.71. The summed E-state index contributed by atoms with van der Waals surface area (Å²) < 4.78 is 6.01. The van der Waals surface area contributed by atoms with Gasteiger partial charge in [0.05, 0.1) is 12.6 Å². The van der Waals surface area contributed by atoms with Crippen LogP contribution < -0.4 is 0 Å². The van der Waals surface area contributed by atoms with Gasteiger partial charge < -0.3 is 9.84 Å². The molecule has 7 nitrogen and oxygen atoms in total. The molecule has 0 spiro atoms. The quantitative estimate of drug-likeness (QED) is 0.689. The normalized spacial score (nSPS) is 12.2. The van der Waals surface area contributed by atoms with Crippen LogP contribution in [0.15, 0.2) is 6.33 Å². The maximum Gasteiger partial charge on any atom is 0.337 e. The van der Waals surface area contributed by atoms with Gasteiger partial charge in [0.1, 0.15) is 12.4 Å². The highest BCUT2D eigenvalue weighted by Gasteiger charge is 2.19. The second-order valence-electron chi connectivity index (χ2n) is 3.40. The maximum atomic E-state index is 11.2. The second kappa shape index (κ2) is 5.23. The third-order valence-electron chi connectivity index (χ3n) is 1.62. The van der Waals surface area contributed by atoms with Crippen molar-refractivity contribution < 1.29 is 14.6 Å². The highest BCUT2D eigenvalue weighted by atomic mass is 16.6. The molecule has 1 unspecified atom stereocenters. The number of nitriles is 1. The first-order chi connectivity index (χ1) is 7.52. The number of rotatable bonds is 4. The minimum absolute atomic E-state index is 0.00979. The van der Waals surface area contributed by atoms with Gasteiger partial charge in [0.15, 0.2) is 6.10 Å². The average Bonchev–Trinajstić information content (AvgIpc) is 2.64. The molecule has 0 aromatic carbocycles. The summed E-state index contributed by atoms with van der Waals surface area (Å²) in [4.78, 5) is 14.9. The number of aliphatic hydroxyl groups is 1. The molecule has 0 aliphatic carbocycles. The number of esters is 1. The highest BCUT2D eigenvalue weighted by Crippen LogP contribution is 1.98. The van der Waals surface area contributed by atoms with Gasteiger partial charge in [-0.15, -0.1) is 5.10 Å². The zero-order valence-corrected chi connectivity index (χ0v) is 8.99. The first kappa shape index (κ1) is 12.1. The summed E-state index contributed by atoms with van der Waals surface area (Å²) in [5, 5.41) is 21.6. The van der Waals surface area contributed by atoms with Crippen LogP contribution in [-0.2, 0) is 16.1 Å². The number of nitrogens with zero attached hydrogens (tertiary/aromatic N) is 4. The number of hydrogen-bond acceptors (Lipinski definition) is 6. The van der Waals surface area contributed by atoms with Gasteiger partial charge in [-0.1, -0.05) is 0 Å². The van der Waals surface area contributed by atoms with Crippen molar-refractivity contribution in [1.82, 2.24) is 14.8 Å². The SMILES string of the molecule is CC(C)OC(=O)C(O)Cn1cnc(C#N)n1. The van der Waals surface area contributed by atoms with Crippen molar-refractivity contribution in [3.05, 3.63) is 12.2 Å². The summed E-state index contributed by atoms with van der Waals surface area (Å²) in [5.74, 6) is -0.728. The molecule has 16 heavy (non-hydrogen) atoms. The van der Waals surface area contributed by atoms with Crippen molar-refractivity contribution in [2.24, 2.45) is 0 Å². The fourth-order valence-corrected chi connectivity index (χ4v) is 0.996. The Morgan fingerprint density at radius 1 is 1.75 bits per heavy atom. The lowest BCUT2D eigenvalue weighted by Crippen LogP contribution is -2.30. The topological polar surface area (TPSA) is 101 Å². The van der Waals surface area contributed by atoms with E-state index in [1.54, 1.807) is 19.9 Å². The second-order valence-corrected chi connectivity index (χ2v) is 3.40.